The van der Waals surface area contributed by atoms with Crippen LogP contribution in [0.15, 0.2) is 10.5 Å². The number of nitrogens with zero attached hydrogens (tertiary/aromatic N) is 1. The van der Waals surface area contributed by atoms with E-state index in [-0.39, 0.29) is 0 Å². The van der Waals surface area contributed by atoms with Crippen molar-refractivity contribution in [3.8, 4) is 0 Å². The summed E-state index contributed by atoms with van der Waals surface area (Å²) in [5.74, 6) is 2.17. The molecule has 1 aliphatic heterocycles. The minimum Gasteiger partial charge on any atom is -0.465 e. The van der Waals surface area contributed by atoms with E-state index in [9.17, 15) is 0 Å². The van der Waals surface area contributed by atoms with Crippen molar-refractivity contribution >= 4 is 0 Å². The van der Waals surface area contributed by atoms with Crippen molar-refractivity contribution in [2.75, 3.05) is 13.1 Å². The molecular formula is C17H30N2O. The standard InChI is InChI=1S/C17H30N2O/c1-4-8-16-9-6-7-10-19(16)13-15-11-17(12-18-5-2)20-14(15)3/h11,16,18H,4-10,12-13H2,1-3H3. The van der Waals surface area contributed by atoms with E-state index < -0.39 is 0 Å². The Kier molecular flexibility index (Phi) is 6.11. The van der Waals surface area contributed by atoms with Gasteiger partial charge in [0.15, 0.2) is 0 Å². The number of rotatable bonds is 7. The first-order valence-corrected chi connectivity index (χ1v) is 8.27. The van der Waals surface area contributed by atoms with Crippen LogP contribution in [0, 0.1) is 6.92 Å². The lowest BCUT2D eigenvalue weighted by Gasteiger charge is -2.35. The molecule has 2 heterocycles. The molecule has 0 bridgehead atoms. The highest BCUT2D eigenvalue weighted by atomic mass is 16.3. The van der Waals surface area contributed by atoms with Crippen LogP contribution in [0.1, 0.15) is 63.0 Å². The van der Waals surface area contributed by atoms with Crippen molar-refractivity contribution < 1.29 is 4.42 Å². The fraction of sp³-hybridized carbons (Fsp3) is 0.765. The molecule has 0 radical (unpaired) electrons. The molecule has 2 rings (SSSR count). The van der Waals surface area contributed by atoms with Crippen molar-refractivity contribution in [1.29, 1.82) is 0 Å². The summed E-state index contributed by atoms with van der Waals surface area (Å²) in [6.07, 6.45) is 6.74. The zero-order chi connectivity index (χ0) is 14.4. The first-order valence-electron chi connectivity index (χ1n) is 8.27. The largest absolute Gasteiger partial charge is 0.465 e. The topological polar surface area (TPSA) is 28.4 Å². The molecule has 1 fully saturated rings. The predicted octanol–water partition coefficient (Wildman–Crippen LogP) is 3.85. The van der Waals surface area contributed by atoms with E-state index in [0.717, 1.165) is 37.2 Å². The molecule has 0 aromatic carbocycles. The average molecular weight is 278 g/mol. The summed E-state index contributed by atoms with van der Waals surface area (Å²) >= 11 is 0. The minimum absolute atomic E-state index is 0.778. The molecule has 0 amide bonds. The minimum atomic E-state index is 0.778. The van der Waals surface area contributed by atoms with Crippen LogP contribution in [-0.2, 0) is 13.1 Å². The molecule has 114 valence electrons. The Hall–Kier alpha value is -0.800. The lowest BCUT2D eigenvalue weighted by Crippen LogP contribution is -2.38. The summed E-state index contributed by atoms with van der Waals surface area (Å²) in [5, 5.41) is 3.33. The molecule has 1 aromatic heterocycles. The maximum atomic E-state index is 5.86. The number of furan rings is 1. The zero-order valence-corrected chi connectivity index (χ0v) is 13.4. The summed E-state index contributed by atoms with van der Waals surface area (Å²) in [7, 11) is 0. The van der Waals surface area contributed by atoms with Crippen LogP contribution in [0.2, 0.25) is 0 Å². The van der Waals surface area contributed by atoms with Gasteiger partial charge in [-0.25, -0.2) is 0 Å². The van der Waals surface area contributed by atoms with Gasteiger partial charge in [0.2, 0.25) is 0 Å². The predicted molar refractivity (Wildman–Crippen MR) is 83.8 cm³/mol. The van der Waals surface area contributed by atoms with Gasteiger partial charge in [-0.15, -0.1) is 0 Å². The summed E-state index contributed by atoms with van der Waals surface area (Å²) in [5.41, 5.74) is 1.38. The third kappa shape index (κ3) is 4.10. The molecule has 1 aromatic rings. The van der Waals surface area contributed by atoms with E-state index in [1.54, 1.807) is 0 Å². The number of nitrogens with one attached hydrogen (secondary N) is 1. The van der Waals surface area contributed by atoms with E-state index in [2.05, 4.69) is 37.1 Å². The summed E-state index contributed by atoms with van der Waals surface area (Å²) in [6.45, 7) is 10.7. The number of hydrogen-bond donors (Lipinski definition) is 1. The van der Waals surface area contributed by atoms with Gasteiger partial charge in [0.05, 0.1) is 6.54 Å². The van der Waals surface area contributed by atoms with E-state index in [1.807, 2.05) is 0 Å². The Morgan fingerprint density at radius 3 is 2.95 bits per heavy atom. The van der Waals surface area contributed by atoms with Crippen molar-refractivity contribution in [2.24, 2.45) is 0 Å². The molecule has 3 nitrogen and oxygen atoms in total. The first-order chi connectivity index (χ1) is 9.74. The van der Waals surface area contributed by atoms with Gasteiger partial charge in [-0.3, -0.25) is 4.90 Å². The molecule has 0 aliphatic carbocycles. The van der Waals surface area contributed by atoms with E-state index in [0.29, 0.717) is 0 Å². The van der Waals surface area contributed by atoms with Crippen molar-refractivity contribution in [2.45, 2.75) is 72.0 Å². The Morgan fingerprint density at radius 1 is 1.35 bits per heavy atom. The maximum Gasteiger partial charge on any atom is 0.118 e. The SMILES string of the molecule is CCCC1CCCCN1Cc1cc(CNCC)oc1C. The number of hydrogen-bond acceptors (Lipinski definition) is 3. The molecule has 3 heteroatoms. The highest BCUT2D eigenvalue weighted by molar-refractivity contribution is 5.21. The molecule has 1 aliphatic rings. The van der Waals surface area contributed by atoms with Gasteiger partial charge < -0.3 is 9.73 Å². The average Bonchev–Trinajstić information content (AvgIpc) is 2.79. The van der Waals surface area contributed by atoms with E-state index >= 15 is 0 Å². The van der Waals surface area contributed by atoms with Gasteiger partial charge in [-0.2, -0.15) is 0 Å². The van der Waals surface area contributed by atoms with Gasteiger partial charge in [-0.05, 0) is 45.3 Å². The lowest BCUT2D eigenvalue weighted by molar-refractivity contribution is 0.131. The molecule has 0 saturated carbocycles. The molecule has 1 atom stereocenters. The van der Waals surface area contributed by atoms with Crippen LogP contribution >= 0.6 is 0 Å². The third-order valence-electron chi connectivity index (χ3n) is 4.37. The molecule has 1 N–H and O–H groups in total. The molecule has 1 unspecified atom stereocenters. The highest BCUT2D eigenvalue weighted by Gasteiger charge is 2.22. The normalized spacial score (nSPS) is 20.4. The van der Waals surface area contributed by atoms with Gasteiger partial charge in [0, 0.05) is 18.2 Å². The van der Waals surface area contributed by atoms with Crippen molar-refractivity contribution in [3.05, 3.63) is 23.2 Å². The summed E-state index contributed by atoms with van der Waals surface area (Å²) < 4.78 is 5.86. The molecule has 20 heavy (non-hydrogen) atoms. The second kappa shape index (κ2) is 7.84. The van der Waals surface area contributed by atoms with Crippen LogP contribution in [0.3, 0.4) is 0 Å². The summed E-state index contributed by atoms with van der Waals surface area (Å²) in [6, 6.07) is 3.02. The van der Waals surface area contributed by atoms with Gasteiger partial charge >= 0.3 is 0 Å². The Morgan fingerprint density at radius 2 is 2.20 bits per heavy atom. The first kappa shape index (κ1) is 15.6. The second-order valence-electron chi connectivity index (χ2n) is 5.98. The van der Waals surface area contributed by atoms with Crippen molar-refractivity contribution in [1.82, 2.24) is 10.2 Å². The Balaban J connectivity index is 1.98. The van der Waals surface area contributed by atoms with Gasteiger partial charge in [0.1, 0.15) is 11.5 Å². The quantitative estimate of drug-likeness (QED) is 0.821. The smallest absolute Gasteiger partial charge is 0.118 e. The van der Waals surface area contributed by atoms with Crippen LogP contribution < -0.4 is 5.32 Å². The van der Waals surface area contributed by atoms with Crippen molar-refractivity contribution in [3.63, 3.8) is 0 Å². The van der Waals surface area contributed by atoms with Crippen LogP contribution in [0.4, 0.5) is 0 Å². The molecule has 1 saturated heterocycles. The van der Waals surface area contributed by atoms with Gasteiger partial charge in [0.25, 0.3) is 0 Å². The highest BCUT2D eigenvalue weighted by Crippen LogP contribution is 2.25. The van der Waals surface area contributed by atoms with Crippen LogP contribution in [0.25, 0.3) is 0 Å². The lowest BCUT2D eigenvalue weighted by atomic mass is 9.97. The number of piperidine rings is 1. The number of likely N-dealkylation sites (tertiary alicyclic amines) is 1. The van der Waals surface area contributed by atoms with Crippen LogP contribution in [0.5, 0.6) is 0 Å². The van der Waals surface area contributed by atoms with Gasteiger partial charge in [-0.1, -0.05) is 26.7 Å². The Labute approximate surface area is 123 Å². The third-order valence-corrected chi connectivity index (χ3v) is 4.37. The molecular weight excluding hydrogens is 248 g/mol. The molecule has 0 spiro atoms. The number of aryl methyl sites for hydroxylation is 1. The van der Waals surface area contributed by atoms with E-state index in [4.69, 9.17) is 4.42 Å². The summed E-state index contributed by atoms with van der Waals surface area (Å²) in [4.78, 5) is 2.67. The second-order valence-corrected chi connectivity index (χ2v) is 5.98. The Bertz CT molecular complexity index is 398. The fourth-order valence-corrected chi connectivity index (χ4v) is 3.23. The zero-order valence-electron chi connectivity index (χ0n) is 13.4. The maximum absolute atomic E-state index is 5.86. The fourth-order valence-electron chi connectivity index (χ4n) is 3.23. The monoisotopic (exact) mass is 278 g/mol. The van der Waals surface area contributed by atoms with Crippen LogP contribution in [-0.4, -0.2) is 24.0 Å². The van der Waals surface area contributed by atoms with E-state index in [1.165, 1.54) is 44.2 Å².